The molecular formula is C20H29BrN2O5. The molecule has 0 unspecified atom stereocenters. The van der Waals surface area contributed by atoms with Gasteiger partial charge in [0.25, 0.3) is 0 Å². The number of esters is 1. The SMILES string of the molecule is COC(=O)[C@@H](CCC(=O)Nc1c(C)cc(C)c(Br)c1C)NC(=O)OC(C)(C)C. The van der Waals surface area contributed by atoms with Crippen LogP contribution in [0.4, 0.5) is 10.5 Å². The van der Waals surface area contributed by atoms with Crippen molar-refractivity contribution >= 4 is 39.6 Å². The van der Waals surface area contributed by atoms with Crippen molar-refractivity contribution in [1.29, 1.82) is 0 Å². The lowest BCUT2D eigenvalue weighted by molar-refractivity contribution is -0.143. The van der Waals surface area contributed by atoms with Gasteiger partial charge in [-0.1, -0.05) is 22.0 Å². The van der Waals surface area contributed by atoms with Gasteiger partial charge < -0.3 is 20.1 Å². The van der Waals surface area contributed by atoms with Gasteiger partial charge >= 0.3 is 12.1 Å². The summed E-state index contributed by atoms with van der Waals surface area (Å²) in [6, 6.07) is 1.01. The molecule has 1 atom stereocenters. The minimum atomic E-state index is -0.974. The Morgan fingerprint density at radius 1 is 1.14 bits per heavy atom. The molecule has 0 saturated carbocycles. The monoisotopic (exact) mass is 456 g/mol. The minimum absolute atomic E-state index is 0.0277. The summed E-state index contributed by atoms with van der Waals surface area (Å²) in [5, 5.41) is 5.35. The molecule has 0 aromatic heterocycles. The smallest absolute Gasteiger partial charge is 0.408 e. The molecule has 156 valence electrons. The zero-order valence-corrected chi connectivity index (χ0v) is 19.1. The molecule has 1 aromatic rings. The quantitative estimate of drug-likeness (QED) is 0.626. The zero-order valence-electron chi connectivity index (χ0n) is 17.5. The highest BCUT2D eigenvalue weighted by Gasteiger charge is 2.25. The summed E-state index contributed by atoms with van der Waals surface area (Å²) in [5.74, 6) is -0.897. The first-order valence-electron chi connectivity index (χ1n) is 8.99. The lowest BCUT2D eigenvalue weighted by Gasteiger charge is -2.22. The molecule has 2 amide bonds. The fraction of sp³-hybridized carbons (Fsp3) is 0.550. The van der Waals surface area contributed by atoms with Crippen LogP contribution >= 0.6 is 15.9 Å². The molecule has 0 aliphatic carbocycles. The number of hydrogen-bond donors (Lipinski definition) is 2. The molecule has 7 nitrogen and oxygen atoms in total. The van der Waals surface area contributed by atoms with Crippen molar-refractivity contribution in [1.82, 2.24) is 5.32 Å². The Hall–Kier alpha value is -2.09. The number of anilines is 1. The number of carbonyl (C=O) groups is 3. The van der Waals surface area contributed by atoms with E-state index in [1.165, 1.54) is 7.11 Å². The number of halogens is 1. The summed E-state index contributed by atoms with van der Waals surface area (Å²) >= 11 is 3.52. The van der Waals surface area contributed by atoms with Gasteiger partial charge in [0.2, 0.25) is 5.91 Å². The molecule has 2 N–H and O–H groups in total. The van der Waals surface area contributed by atoms with Gasteiger partial charge in [-0.25, -0.2) is 9.59 Å². The number of hydrogen-bond acceptors (Lipinski definition) is 5. The Labute approximate surface area is 174 Å². The highest BCUT2D eigenvalue weighted by Crippen LogP contribution is 2.30. The summed E-state index contributed by atoms with van der Waals surface area (Å²) in [4.78, 5) is 36.3. The largest absolute Gasteiger partial charge is 0.467 e. The number of ether oxygens (including phenoxy) is 2. The molecule has 0 radical (unpaired) electrons. The third-order valence-electron chi connectivity index (χ3n) is 3.98. The molecule has 0 fully saturated rings. The number of nitrogens with one attached hydrogen (secondary N) is 2. The predicted octanol–water partition coefficient (Wildman–Crippen LogP) is 4.16. The molecule has 0 heterocycles. The molecule has 0 bridgehead atoms. The van der Waals surface area contributed by atoms with Gasteiger partial charge in [-0.15, -0.1) is 0 Å². The van der Waals surface area contributed by atoms with Crippen LogP contribution in [-0.2, 0) is 19.1 Å². The maximum absolute atomic E-state index is 12.4. The average molecular weight is 457 g/mol. The van der Waals surface area contributed by atoms with E-state index in [9.17, 15) is 14.4 Å². The molecule has 28 heavy (non-hydrogen) atoms. The van der Waals surface area contributed by atoms with Crippen molar-refractivity contribution in [2.45, 2.75) is 66.0 Å². The maximum Gasteiger partial charge on any atom is 0.408 e. The highest BCUT2D eigenvalue weighted by molar-refractivity contribution is 9.10. The Bertz CT molecular complexity index is 756. The third-order valence-corrected chi connectivity index (χ3v) is 5.20. The average Bonchev–Trinajstić information content (AvgIpc) is 2.58. The van der Waals surface area contributed by atoms with Crippen LogP contribution in [0, 0.1) is 20.8 Å². The first-order valence-corrected chi connectivity index (χ1v) is 9.78. The summed E-state index contributed by atoms with van der Waals surface area (Å²) < 4.78 is 10.8. The van der Waals surface area contributed by atoms with E-state index in [1.807, 2.05) is 26.8 Å². The van der Waals surface area contributed by atoms with E-state index < -0.39 is 23.7 Å². The van der Waals surface area contributed by atoms with Gasteiger partial charge in [-0.2, -0.15) is 0 Å². The molecule has 1 aromatic carbocycles. The fourth-order valence-electron chi connectivity index (χ4n) is 2.67. The Morgan fingerprint density at radius 2 is 1.75 bits per heavy atom. The summed E-state index contributed by atoms with van der Waals surface area (Å²) in [5.41, 5.74) is 3.00. The summed E-state index contributed by atoms with van der Waals surface area (Å²) in [6.45, 7) is 11.0. The standard InChI is InChI=1S/C20H29BrN2O5/c1-11-10-12(2)17(13(3)16(11)21)23-15(24)9-8-14(18(25)27-7)22-19(26)28-20(4,5)6/h10,14H,8-9H2,1-7H3,(H,22,26)(H,23,24)/t14-/m1/s1. The molecule has 8 heteroatoms. The number of alkyl carbamates (subject to hydrolysis) is 1. The Balaban J connectivity index is 2.78. The van der Waals surface area contributed by atoms with E-state index in [0.29, 0.717) is 0 Å². The van der Waals surface area contributed by atoms with Gasteiger partial charge in [-0.3, -0.25) is 4.79 Å². The van der Waals surface area contributed by atoms with E-state index in [1.54, 1.807) is 20.8 Å². The lowest BCUT2D eigenvalue weighted by atomic mass is 10.0. The van der Waals surface area contributed by atoms with Crippen LogP contribution in [0.5, 0.6) is 0 Å². The van der Waals surface area contributed by atoms with Gasteiger partial charge in [0.05, 0.1) is 7.11 Å². The number of rotatable bonds is 6. The molecular weight excluding hydrogens is 428 g/mol. The number of amides is 2. The second kappa shape index (κ2) is 9.91. The molecule has 0 spiro atoms. The van der Waals surface area contributed by atoms with E-state index in [0.717, 1.165) is 26.9 Å². The van der Waals surface area contributed by atoms with E-state index in [4.69, 9.17) is 9.47 Å². The fourth-order valence-corrected chi connectivity index (χ4v) is 2.98. The first kappa shape index (κ1) is 23.9. The predicted molar refractivity (Wildman–Crippen MR) is 111 cm³/mol. The van der Waals surface area contributed by atoms with Crippen LogP contribution in [0.15, 0.2) is 10.5 Å². The van der Waals surface area contributed by atoms with Crippen LogP contribution in [0.3, 0.4) is 0 Å². The molecule has 0 aliphatic rings. The highest BCUT2D eigenvalue weighted by atomic mass is 79.9. The Kier molecular flexibility index (Phi) is 8.48. The maximum atomic E-state index is 12.4. The molecule has 0 saturated heterocycles. The van der Waals surface area contributed by atoms with Crippen molar-refractivity contribution in [3.8, 4) is 0 Å². The number of aryl methyl sites for hydroxylation is 2. The van der Waals surface area contributed by atoms with Crippen molar-refractivity contribution < 1.29 is 23.9 Å². The zero-order chi connectivity index (χ0) is 21.6. The second-order valence-corrected chi connectivity index (χ2v) is 8.43. The third kappa shape index (κ3) is 7.14. The topological polar surface area (TPSA) is 93.7 Å². The van der Waals surface area contributed by atoms with Gasteiger partial charge in [0.15, 0.2) is 0 Å². The van der Waals surface area contributed by atoms with E-state index >= 15 is 0 Å². The van der Waals surface area contributed by atoms with Crippen molar-refractivity contribution in [3.05, 3.63) is 27.2 Å². The summed E-state index contributed by atoms with van der Waals surface area (Å²) in [6.07, 6.45) is -0.625. The summed E-state index contributed by atoms with van der Waals surface area (Å²) in [7, 11) is 1.22. The first-order chi connectivity index (χ1) is 12.9. The van der Waals surface area contributed by atoms with Gasteiger partial charge in [0, 0.05) is 16.6 Å². The normalized spacial score (nSPS) is 12.1. The van der Waals surface area contributed by atoms with Crippen LogP contribution in [0.25, 0.3) is 0 Å². The number of carbonyl (C=O) groups excluding carboxylic acids is 3. The van der Waals surface area contributed by atoms with Crippen molar-refractivity contribution in [2.24, 2.45) is 0 Å². The number of benzene rings is 1. The number of methoxy groups -OCH3 is 1. The van der Waals surface area contributed by atoms with Crippen LogP contribution in [0.2, 0.25) is 0 Å². The van der Waals surface area contributed by atoms with Crippen molar-refractivity contribution in [2.75, 3.05) is 12.4 Å². The van der Waals surface area contributed by atoms with E-state index in [-0.39, 0.29) is 18.7 Å². The van der Waals surface area contributed by atoms with Crippen LogP contribution < -0.4 is 10.6 Å². The lowest BCUT2D eigenvalue weighted by Crippen LogP contribution is -2.44. The molecule has 1 rings (SSSR count). The van der Waals surface area contributed by atoms with Gasteiger partial charge in [0.1, 0.15) is 11.6 Å². The molecule has 0 aliphatic heterocycles. The van der Waals surface area contributed by atoms with Crippen molar-refractivity contribution in [3.63, 3.8) is 0 Å². The van der Waals surface area contributed by atoms with Crippen LogP contribution in [-0.4, -0.2) is 36.7 Å². The Morgan fingerprint density at radius 3 is 2.29 bits per heavy atom. The second-order valence-electron chi connectivity index (χ2n) is 7.63. The van der Waals surface area contributed by atoms with Gasteiger partial charge in [-0.05, 0) is 64.7 Å². The van der Waals surface area contributed by atoms with Crippen LogP contribution in [0.1, 0.15) is 50.3 Å². The van der Waals surface area contributed by atoms with E-state index in [2.05, 4.69) is 26.6 Å². The minimum Gasteiger partial charge on any atom is -0.467 e.